The van der Waals surface area contributed by atoms with Crippen LogP contribution in [0.3, 0.4) is 0 Å². The van der Waals surface area contributed by atoms with Gasteiger partial charge in [-0.1, -0.05) is 17.7 Å². The van der Waals surface area contributed by atoms with Crippen molar-refractivity contribution in [3.05, 3.63) is 52.7 Å². The molecule has 1 amide bonds. The highest BCUT2D eigenvalue weighted by molar-refractivity contribution is 6.33. The van der Waals surface area contributed by atoms with Gasteiger partial charge in [-0.2, -0.15) is 4.98 Å². The Morgan fingerprint density at radius 2 is 2.00 bits per heavy atom. The molecule has 9 nitrogen and oxygen atoms in total. The number of carbonyl (C=O) groups excluding carboxylic acids is 1. The van der Waals surface area contributed by atoms with Gasteiger partial charge in [0, 0.05) is 17.8 Å². The quantitative estimate of drug-likeness (QED) is 0.463. The van der Waals surface area contributed by atoms with Crippen LogP contribution in [0.2, 0.25) is 5.02 Å². The summed E-state index contributed by atoms with van der Waals surface area (Å²) in [6, 6.07) is 7.97. The molecule has 0 unspecified atom stereocenters. The van der Waals surface area contributed by atoms with E-state index in [4.69, 9.17) is 16.3 Å². The summed E-state index contributed by atoms with van der Waals surface area (Å²) < 4.78 is 41.1. The van der Waals surface area contributed by atoms with E-state index < -0.39 is 12.4 Å². The van der Waals surface area contributed by atoms with Crippen molar-refractivity contribution < 1.29 is 27.8 Å². The molecular weight excluding hydrogens is 460 g/mol. The van der Waals surface area contributed by atoms with Gasteiger partial charge in [0.2, 0.25) is 5.95 Å². The molecule has 0 saturated carbocycles. The largest absolute Gasteiger partial charge is 0.586 e. The van der Waals surface area contributed by atoms with Crippen molar-refractivity contribution in [2.45, 2.75) is 19.6 Å². The number of amides is 1. The molecule has 3 N–H and O–H groups in total. The maximum absolute atomic E-state index is 13.5. The predicted molar refractivity (Wildman–Crippen MR) is 116 cm³/mol. The molecule has 2 aliphatic rings. The van der Waals surface area contributed by atoms with E-state index in [-0.39, 0.29) is 40.6 Å². The Balaban J connectivity index is 1.42. The zero-order chi connectivity index (χ0) is 23.2. The number of hydrogen-bond acceptors (Lipinski definition) is 8. The number of nitrogens with one attached hydrogen (secondary N) is 3. The first kappa shape index (κ1) is 21.0. The summed E-state index contributed by atoms with van der Waals surface area (Å²) in [4.78, 5) is 20.2. The van der Waals surface area contributed by atoms with E-state index in [0.29, 0.717) is 12.1 Å². The second-order valence-corrected chi connectivity index (χ2v) is 7.62. The van der Waals surface area contributed by atoms with Crippen molar-refractivity contribution in [2.75, 3.05) is 22.6 Å². The number of rotatable bonds is 4. The number of halogens is 3. The molecule has 2 aliphatic heterocycles. The van der Waals surface area contributed by atoms with E-state index in [1.54, 1.807) is 12.1 Å². The minimum atomic E-state index is -3.75. The number of cyclic esters (lactones) is 1. The van der Waals surface area contributed by atoms with E-state index >= 15 is 0 Å². The van der Waals surface area contributed by atoms with Gasteiger partial charge in [0.05, 0.1) is 18.5 Å². The van der Waals surface area contributed by atoms with Crippen molar-refractivity contribution in [1.29, 1.82) is 0 Å². The molecule has 5 rings (SSSR count). The minimum Gasteiger partial charge on any atom is -0.449 e. The van der Waals surface area contributed by atoms with Gasteiger partial charge in [0.25, 0.3) is 0 Å². The van der Waals surface area contributed by atoms with Crippen LogP contribution in [0, 0.1) is 6.92 Å². The third-order valence-corrected chi connectivity index (χ3v) is 5.37. The highest BCUT2D eigenvalue weighted by atomic mass is 35.5. The fourth-order valence-electron chi connectivity index (χ4n) is 3.55. The van der Waals surface area contributed by atoms with Crippen LogP contribution in [0.25, 0.3) is 0 Å². The highest BCUT2D eigenvalue weighted by Crippen LogP contribution is 2.46. The van der Waals surface area contributed by atoms with Gasteiger partial charge in [0.15, 0.2) is 17.3 Å². The van der Waals surface area contributed by atoms with Crippen LogP contribution in [0.4, 0.5) is 42.4 Å². The number of aromatic nitrogens is 2. The van der Waals surface area contributed by atoms with Crippen LogP contribution in [0.1, 0.15) is 11.1 Å². The smallest absolute Gasteiger partial charge is 0.449 e. The first-order chi connectivity index (χ1) is 15.8. The number of nitrogens with zero attached hydrogens (tertiary/aromatic N) is 2. The molecule has 0 saturated heterocycles. The second-order valence-electron chi connectivity index (χ2n) is 7.22. The van der Waals surface area contributed by atoms with E-state index in [1.807, 2.05) is 6.92 Å². The first-order valence-corrected chi connectivity index (χ1v) is 10.2. The fraction of sp³-hybridized carbons (Fsp3) is 0.190. The van der Waals surface area contributed by atoms with Crippen LogP contribution >= 0.6 is 11.6 Å². The molecule has 0 bridgehead atoms. The second kappa shape index (κ2) is 7.93. The number of carbonyl (C=O) groups is 1. The summed E-state index contributed by atoms with van der Waals surface area (Å²) in [6.07, 6.45) is -2.32. The average molecular weight is 476 g/mol. The third kappa shape index (κ3) is 4.14. The Morgan fingerprint density at radius 1 is 1.15 bits per heavy atom. The summed E-state index contributed by atoms with van der Waals surface area (Å²) in [5, 5.41) is 8.88. The molecule has 0 atom stereocenters. The van der Waals surface area contributed by atoms with Gasteiger partial charge in [-0.3, -0.25) is 5.32 Å². The fourth-order valence-corrected chi connectivity index (χ4v) is 3.69. The lowest BCUT2D eigenvalue weighted by atomic mass is 10.0. The van der Waals surface area contributed by atoms with Crippen molar-refractivity contribution in [3.8, 4) is 11.5 Å². The Morgan fingerprint density at radius 3 is 2.85 bits per heavy atom. The van der Waals surface area contributed by atoms with E-state index in [2.05, 4.69) is 35.4 Å². The van der Waals surface area contributed by atoms with Gasteiger partial charge in [-0.25, -0.2) is 9.78 Å². The summed E-state index contributed by atoms with van der Waals surface area (Å²) in [6.45, 7) is 2.17. The van der Waals surface area contributed by atoms with Crippen LogP contribution in [0.5, 0.6) is 11.5 Å². The van der Waals surface area contributed by atoms with Crippen LogP contribution in [0.15, 0.2) is 36.5 Å². The maximum atomic E-state index is 13.5. The molecule has 3 aromatic rings. The lowest BCUT2D eigenvalue weighted by Crippen LogP contribution is -2.26. The highest BCUT2D eigenvalue weighted by Gasteiger charge is 2.44. The standard InChI is InChI=1S/C21H16ClF2N5O4/c1-10-11-7-8-31-20(30)28-14(11)6-5-13(10)27-19-25-9-12(22)18(29-19)26-15-3-2-4-16-17(15)33-21(23,24)32-16/h2-6,9H,7-8H2,1H3,(H,28,30)(H2,25,26,27,29). The monoisotopic (exact) mass is 475 g/mol. The van der Waals surface area contributed by atoms with Gasteiger partial charge in [-0.15, -0.1) is 8.78 Å². The third-order valence-electron chi connectivity index (χ3n) is 5.09. The lowest BCUT2D eigenvalue weighted by Gasteiger charge is -2.15. The topological polar surface area (TPSA) is 107 Å². The summed E-state index contributed by atoms with van der Waals surface area (Å²) >= 11 is 6.22. The average Bonchev–Trinajstić information content (AvgIpc) is 2.96. The summed E-state index contributed by atoms with van der Waals surface area (Å²) in [5.41, 5.74) is 3.41. The number of para-hydroxylation sites is 1. The van der Waals surface area contributed by atoms with Gasteiger partial charge in [-0.05, 0) is 42.3 Å². The van der Waals surface area contributed by atoms with Gasteiger partial charge < -0.3 is 24.8 Å². The number of alkyl halides is 2. The minimum absolute atomic E-state index is 0.106. The molecule has 3 heterocycles. The van der Waals surface area contributed by atoms with Crippen molar-refractivity contribution in [1.82, 2.24) is 9.97 Å². The van der Waals surface area contributed by atoms with Crippen molar-refractivity contribution >= 4 is 46.5 Å². The number of anilines is 5. The Labute approximate surface area is 191 Å². The van der Waals surface area contributed by atoms with Crippen molar-refractivity contribution in [2.24, 2.45) is 0 Å². The number of ether oxygens (including phenoxy) is 3. The number of benzene rings is 2. The number of fused-ring (bicyclic) bond motifs is 2. The Bertz CT molecular complexity index is 1270. The number of hydrogen-bond donors (Lipinski definition) is 3. The maximum Gasteiger partial charge on any atom is 0.586 e. The predicted octanol–water partition coefficient (Wildman–Crippen LogP) is 5.35. The summed E-state index contributed by atoms with van der Waals surface area (Å²) in [5.74, 6) is 0.131. The van der Waals surface area contributed by atoms with Crippen molar-refractivity contribution in [3.63, 3.8) is 0 Å². The van der Waals surface area contributed by atoms with Crippen LogP contribution in [-0.2, 0) is 11.2 Å². The van der Waals surface area contributed by atoms with Gasteiger partial charge in [0.1, 0.15) is 5.02 Å². The van der Waals surface area contributed by atoms with E-state index in [1.165, 1.54) is 24.4 Å². The molecule has 0 aliphatic carbocycles. The molecule has 12 heteroatoms. The molecule has 0 radical (unpaired) electrons. The molecular formula is C21H16ClF2N5O4. The van der Waals surface area contributed by atoms with E-state index in [0.717, 1.165) is 16.8 Å². The molecule has 170 valence electrons. The first-order valence-electron chi connectivity index (χ1n) is 9.81. The molecule has 2 aromatic carbocycles. The van der Waals surface area contributed by atoms with E-state index in [9.17, 15) is 13.6 Å². The SMILES string of the molecule is Cc1c(Nc2ncc(Cl)c(Nc3cccc4c3OC(F)(F)O4)n2)ccc2c1CCOC(=O)N2. The Kier molecular flexibility index (Phi) is 5.05. The zero-order valence-electron chi connectivity index (χ0n) is 17.0. The molecule has 33 heavy (non-hydrogen) atoms. The molecule has 0 fully saturated rings. The van der Waals surface area contributed by atoms with Crippen LogP contribution < -0.4 is 25.4 Å². The Hall–Kier alpha value is -3.86. The summed E-state index contributed by atoms with van der Waals surface area (Å²) in [7, 11) is 0. The van der Waals surface area contributed by atoms with Gasteiger partial charge >= 0.3 is 12.4 Å². The normalized spacial score (nSPS) is 15.7. The lowest BCUT2D eigenvalue weighted by molar-refractivity contribution is -0.286. The van der Waals surface area contributed by atoms with Crippen LogP contribution in [-0.4, -0.2) is 29.0 Å². The molecule has 1 aromatic heterocycles. The zero-order valence-corrected chi connectivity index (χ0v) is 17.8. The molecule has 0 spiro atoms.